The van der Waals surface area contributed by atoms with Gasteiger partial charge < -0.3 is 31.1 Å². The van der Waals surface area contributed by atoms with Crippen LogP contribution in [0.4, 0.5) is 5.69 Å². The maximum absolute atomic E-state index is 13.9. The number of nitrogens with zero attached hydrogens (tertiary/aromatic N) is 1. The molecular weight excluding hydrogens is 514 g/mol. The number of phenols is 1. The summed E-state index contributed by atoms with van der Waals surface area (Å²) in [6.45, 7) is 1.46. The summed E-state index contributed by atoms with van der Waals surface area (Å²) >= 11 is 0. The molecular formula is C26H35N3O8S. The number of allylic oxidation sites excluding steroid dienone is 2. The first-order valence-electron chi connectivity index (χ1n) is 12.5. The van der Waals surface area contributed by atoms with Crippen molar-refractivity contribution in [2.45, 2.75) is 44.6 Å². The number of aryl methyl sites for hydroxylation is 1. The van der Waals surface area contributed by atoms with Crippen LogP contribution in [0.25, 0.3) is 0 Å². The number of amides is 1. The van der Waals surface area contributed by atoms with Crippen molar-refractivity contribution >= 4 is 27.4 Å². The number of sulfonamides is 1. The molecule has 0 aliphatic heterocycles. The molecule has 3 aliphatic rings. The number of hydrogen-bond donors (Lipinski definition) is 6. The Bertz CT molecular complexity index is 1380. The summed E-state index contributed by atoms with van der Waals surface area (Å²) in [7, 11) is 0.274. The molecule has 0 spiro atoms. The molecule has 1 amide bonds. The van der Waals surface area contributed by atoms with Gasteiger partial charge in [0.05, 0.1) is 23.3 Å². The zero-order chi connectivity index (χ0) is 28.3. The molecule has 3 aliphatic carbocycles. The Kier molecular flexibility index (Phi) is 7.04. The van der Waals surface area contributed by atoms with Crippen LogP contribution in [-0.4, -0.2) is 73.0 Å². The van der Waals surface area contributed by atoms with Gasteiger partial charge >= 0.3 is 0 Å². The Labute approximate surface area is 221 Å². The monoisotopic (exact) mass is 549 g/mol. The highest BCUT2D eigenvalue weighted by Crippen LogP contribution is 2.54. The van der Waals surface area contributed by atoms with E-state index in [1.807, 2.05) is 19.0 Å². The van der Waals surface area contributed by atoms with Gasteiger partial charge in [-0.25, -0.2) is 13.1 Å². The second-order valence-corrected chi connectivity index (χ2v) is 12.8. The number of carbonyl (C=O) groups excluding carboxylic acids is 2. The lowest BCUT2D eigenvalue weighted by atomic mass is 9.58. The smallest absolute Gasteiger partial charge is 0.250 e. The van der Waals surface area contributed by atoms with Gasteiger partial charge in [0.1, 0.15) is 22.9 Å². The fourth-order valence-electron chi connectivity index (χ4n) is 6.53. The molecule has 0 fully saturated rings. The van der Waals surface area contributed by atoms with Gasteiger partial charge in [0.25, 0.3) is 5.91 Å². The molecule has 1 aromatic rings. The SMILES string of the molecule is CN(C)c1cc(CCCNS(C)(=O)=O)c(O)c2c1CC1CC3CC(O)=C(C(N)=O)C(C)(O)C3C(O)=C1C2=O. The van der Waals surface area contributed by atoms with Crippen LogP contribution in [0.2, 0.25) is 0 Å². The van der Waals surface area contributed by atoms with Gasteiger partial charge in [-0.2, -0.15) is 0 Å². The predicted molar refractivity (Wildman–Crippen MR) is 140 cm³/mol. The van der Waals surface area contributed by atoms with Crippen molar-refractivity contribution in [3.05, 3.63) is 45.4 Å². The molecule has 0 bridgehead atoms. The Morgan fingerprint density at radius 1 is 1.24 bits per heavy atom. The van der Waals surface area contributed by atoms with E-state index in [2.05, 4.69) is 4.72 Å². The first-order chi connectivity index (χ1) is 17.6. The summed E-state index contributed by atoms with van der Waals surface area (Å²) in [6.07, 6.45) is 2.49. The van der Waals surface area contributed by atoms with Crippen LogP contribution in [0.15, 0.2) is 28.7 Å². The van der Waals surface area contributed by atoms with Crippen LogP contribution in [0.5, 0.6) is 5.75 Å². The first kappa shape index (κ1) is 27.9. The zero-order valence-electron chi connectivity index (χ0n) is 21.9. The van der Waals surface area contributed by atoms with E-state index in [1.54, 1.807) is 6.07 Å². The van der Waals surface area contributed by atoms with Crippen molar-refractivity contribution in [3.63, 3.8) is 0 Å². The Morgan fingerprint density at radius 3 is 2.47 bits per heavy atom. The highest BCUT2D eigenvalue weighted by atomic mass is 32.2. The largest absolute Gasteiger partial charge is 0.512 e. The summed E-state index contributed by atoms with van der Waals surface area (Å²) in [5, 5.41) is 44.4. The minimum atomic E-state index is -3.36. The number of nitrogens with one attached hydrogen (secondary N) is 1. The number of aromatic hydroxyl groups is 1. The van der Waals surface area contributed by atoms with E-state index in [9.17, 15) is 38.4 Å². The van der Waals surface area contributed by atoms with Gasteiger partial charge in [0.15, 0.2) is 5.78 Å². The predicted octanol–water partition coefficient (Wildman–Crippen LogP) is 1.20. The van der Waals surface area contributed by atoms with E-state index in [1.165, 1.54) is 6.92 Å². The van der Waals surface area contributed by atoms with Crippen molar-refractivity contribution in [3.8, 4) is 5.75 Å². The lowest BCUT2D eigenvalue weighted by Gasteiger charge is -2.48. The fraction of sp³-hybridized carbons (Fsp3) is 0.538. The number of phenolic OH excluding ortho intramolecular Hbond substituents is 1. The summed E-state index contributed by atoms with van der Waals surface area (Å²) in [4.78, 5) is 27.8. The van der Waals surface area contributed by atoms with E-state index < -0.39 is 45.1 Å². The minimum absolute atomic E-state index is 0.0280. The third kappa shape index (κ3) is 4.65. The summed E-state index contributed by atoms with van der Waals surface area (Å²) in [5.41, 5.74) is 5.04. The van der Waals surface area contributed by atoms with Crippen molar-refractivity contribution in [2.75, 3.05) is 31.8 Å². The highest BCUT2D eigenvalue weighted by molar-refractivity contribution is 7.88. The van der Waals surface area contributed by atoms with Crippen LogP contribution in [0.3, 0.4) is 0 Å². The Balaban J connectivity index is 1.79. The zero-order valence-corrected chi connectivity index (χ0v) is 22.7. The number of aliphatic hydroxyl groups excluding tert-OH is 2. The van der Waals surface area contributed by atoms with Gasteiger partial charge in [0, 0.05) is 38.3 Å². The number of anilines is 1. The van der Waals surface area contributed by atoms with Gasteiger partial charge in [-0.1, -0.05) is 0 Å². The van der Waals surface area contributed by atoms with Crippen LogP contribution >= 0.6 is 0 Å². The summed E-state index contributed by atoms with van der Waals surface area (Å²) < 4.78 is 25.2. The molecule has 11 nitrogen and oxygen atoms in total. The number of Topliss-reactive ketones (excluding diaryl/α,β-unsaturated/α-hetero) is 1. The number of fused-ring (bicyclic) bond motifs is 3. The molecule has 1 aromatic carbocycles. The molecule has 0 heterocycles. The van der Waals surface area contributed by atoms with Gasteiger partial charge in [0.2, 0.25) is 10.0 Å². The van der Waals surface area contributed by atoms with Gasteiger partial charge in [-0.15, -0.1) is 0 Å². The third-order valence-electron chi connectivity index (χ3n) is 7.99. The van der Waals surface area contributed by atoms with E-state index in [4.69, 9.17) is 5.73 Å². The minimum Gasteiger partial charge on any atom is -0.512 e. The number of aliphatic hydroxyl groups is 3. The third-order valence-corrected chi connectivity index (χ3v) is 8.72. The number of nitrogens with two attached hydrogens (primary N) is 1. The Morgan fingerprint density at radius 2 is 1.89 bits per heavy atom. The molecule has 7 N–H and O–H groups in total. The van der Waals surface area contributed by atoms with Crippen molar-refractivity contribution in [1.82, 2.24) is 4.72 Å². The molecule has 4 rings (SSSR count). The van der Waals surface area contributed by atoms with Gasteiger partial charge in [-0.05, 0) is 61.6 Å². The molecule has 208 valence electrons. The lowest BCUT2D eigenvalue weighted by Crippen LogP contribution is -2.52. The average molecular weight is 550 g/mol. The van der Waals surface area contributed by atoms with Crippen LogP contribution in [0, 0.1) is 17.8 Å². The van der Waals surface area contributed by atoms with Crippen molar-refractivity contribution in [1.29, 1.82) is 0 Å². The topological polar surface area (TPSA) is 190 Å². The number of rotatable bonds is 7. The molecule has 38 heavy (non-hydrogen) atoms. The molecule has 0 radical (unpaired) electrons. The fourth-order valence-corrected chi connectivity index (χ4v) is 7.05. The van der Waals surface area contributed by atoms with E-state index in [0.29, 0.717) is 36.8 Å². The molecule has 0 aromatic heterocycles. The van der Waals surface area contributed by atoms with Crippen LogP contribution < -0.4 is 15.4 Å². The normalized spacial score (nSPS) is 27.1. The second kappa shape index (κ2) is 9.58. The molecule has 0 saturated heterocycles. The van der Waals surface area contributed by atoms with E-state index in [0.717, 1.165) is 11.9 Å². The van der Waals surface area contributed by atoms with Crippen molar-refractivity contribution < 1.29 is 38.4 Å². The second-order valence-electron chi connectivity index (χ2n) is 11.0. The standard InChI is InChI=1S/C26H35N3O8S/c1-26(35)20-14(11-17(30)21(26)25(27)34)8-13-9-15-16(29(2)3)10-12(6-5-7-28-38(4,36)37)22(31)19(15)23(32)18(13)24(20)33/h10,13-14,20,28,30-31,33,35H,5-9,11H2,1-4H3,(H2,27,34). The van der Waals surface area contributed by atoms with E-state index >= 15 is 0 Å². The maximum Gasteiger partial charge on any atom is 0.250 e. The lowest BCUT2D eigenvalue weighted by molar-refractivity contribution is -0.119. The quantitative estimate of drug-likeness (QED) is 0.271. The Hall–Kier alpha value is -3.09. The van der Waals surface area contributed by atoms with Gasteiger partial charge in [-0.3, -0.25) is 9.59 Å². The van der Waals surface area contributed by atoms with E-state index in [-0.39, 0.29) is 46.9 Å². The molecule has 12 heteroatoms. The maximum atomic E-state index is 13.9. The number of carbonyl (C=O) groups is 2. The first-order valence-corrected chi connectivity index (χ1v) is 14.4. The number of ketones is 1. The average Bonchev–Trinajstić information content (AvgIpc) is 2.75. The molecule has 4 atom stereocenters. The number of hydrogen-bond acceptors (Lipinski definition) is 9. The molecule has 0 saturated carbocycles. The highest BCUT2D eigenvalue weighted by Gasteiger charge is 2.55. The van der Waals surface area contributed by atoms with Crippen LogP contribution in [0.1, 0.15) is 47.7 Å². The number of primary amides is 1. The van der Waals surface area contributed by atoms with Crippen LogP contribution in [-0.2, 0) is 27.7 Å². The molecule has 4 unspecified atom stereocenters. The number of benzene rings is 1. The summed E-state index contributed by atoms with van der Waals surface area (Å²) in [6, 6.07) is 1.79. The summed E-state index contributed by atoms with van der Waals surface area (Å²) in [5.74, 6) is -4.34. The van der Waals surface area contributed by atoms with Crippen molar-refractivity contribution in [2.24, 2.45) is 23.5 Å².